The molecule has 22 heavy (non-hydrogen) atoms. The van der Waals surface area contributed by atoms with Crippen molar-refractivity contribution in [2.45, 2.75) is 39.7 Å². The molecular weight excluding hydrogens is 292 g/mol. The van der Waals surface area contributed by atoms with E-state index >= 15 is 0 Å². The molecule has 1 saturated heterocycles. The molecule has 2 heterocycles. The maximum Gasteiger partial charge on any atom is 0.191 e. The molecule has 1 fully saturated rings. The fourth-order valence-corrected chi connectivity index (χ4v) is 3.53. The molecule has 1 aromatic heterocycles. The molecular formula is C17H30N4S. The second kappa shape index (κ2) is 9.85. The maximum absolute atomic E-state index is 4.68. The quantitative estimate of drug-likeness (QED) is 0.599. The minimum absolute atomic E-state index is 0.758. The maximum atomic E-state index is 4.68. The van der Waals surface area contributed by atoms with Crippen molar-refractivity contribution in [2.24, 2.45) is 10.9 Å². The van der Waals surface area contributed by atoms with Crippen LogP contribution in [0, 0.1) is 5.92 Å². The minimum Gasteiger partial charge on any atom is -0.357 e. The van der Waals surface area contributed by atoms with E-state index < -0.39 is 0 Å². The number of hydrogen-bond acceptors (Lipinski definition) is 3. The monoisotopic (exact) mass is 322 g/mol. The molecule has 1 aliphatic heterocycles. The number of aliphatic imine (C=N–C) groups is 1. The van der Waals surface area contributed by atoms with Crippen molar-refractivity contribution in [2.75, 3.05) is 32.7 Å². The second-order valence-corrected chi connectivity index (χ2v) is 6.77. The van der Waals surface area contributed by atoms with Gasteiger partial charge in [0.05, 0.1) is 6.54 Å². The van der Waals surface area contributed by atoms with E-state index in [0.717, 1.165) is 31.5 Å². The first-order valence-corrected chi connectivity index (χ1v) is 9.51. The number of nitrogens with one attached hydrogen (secondary N) is 2. The Hall–Kier alpha value is -1.07. The molecule has 1 aromatic rings. The largest absolute Gasteiger partial charge is 0.357 e. The number of guanidine groups is 1. The number of nitrogens with zero attached hydrogens (tertiary/aromatic N) is 2. The summed E-state index contributed by atoms with van der Waals surface area (Å²) in [6, 6.07) is 2.14. The van der Waals surface area contributed by atoms with E-state index in [1.807, 2.05) is 0 Å². The van der Waals surface area contributed by atoms with Gasteiger partial charge in [-0.1, -0.05) is 6.92 Å². The molecule has 0 unspecified atom stereocenters. The molecule has 124 valence electrons. The molecule has 5 heteroatoms. The van der Waals surface area contributed by atoms with Crippen molar-refractivity contribution in [3.63, 3.8) is 0 Å². The van der Waals surface area contributed by atoms with Gasteiger partial charge in [0, 0.05) is 13.1 Å². The van der Waals surface area contributed by atoms with E-state index in [1.165, 1.54) is 44.5 Å². The zero-order valence-corrected chi connectivity index (χ0v) is 14.8. The fourth-order valence-electron chi connectivity index (χ4n) is 2.87. The molecule has 0 atom stereocenters. The van der Waals surface area contributed by atoms with E-state index in [0.29, 0.717) is 0 Å². The Morgan fingerprint density at radius 3 is 2.77 bits per heavy atom. The van der Waals surface area contributed by atoms with Gasteiger partial charge < -0.3 is 15.5 Å². The predicted octanol–water partition coefficient (Wildman–Crippen LogP) is 2.93. The minimum atomic E-state index is 0.758. The first-order chi connectivity index (χ1) is 10.8. The summed E-state index contributed by atoms with van der Waals surface area (Å²) >= 11 is 1.73. The van der Waals surface area contributed by atoms with Gasteiger partial charge in [0.2, 0.25) is 0 Å². The van der Waals surface area contributed by atoms with Crippen LogP contribution in [0.4, 0.5) is 0 Å². The van der Waals surface area contributed by atoms with Crippen LogP contribution in [0.5, 0.6) is 0 Å². The lowest BCUT2D eigenvalue weighted by atomic mass is 9.97. The van der Waals surface area contributed by atoms with Gasteiger partial charge in [-0.3, -0.25) is 0 Å². The Bertz CT molecular complexity index is 422. The van der Waals surface area contributed by atoms with E-state index in [1.54, 1.807) is 11.3 Å². The highest BCUT2D eigenvalue weighted by atomic mass is 32.1. The van der Waals surface area contributed by atoms with Crippen molar-refractivity contribution in [1.82, 2.24) is 15.5 Å². The molecule has 4 nitrogen and oxygen atoms in total. The van der Waals surface area contributed by atoms with Crippen LogP contribution in [0.2, 0.25) is 0 Å². The van der Waals surface area contributed by atoms with Crippen LogP contribution in [-0.2, 0) is 6.54 Å². The third kappa shape index (κ3) is 5.97. The van der Waals surface area contributed by atoms with Crippen molar-refractivity contribution < 1.29 is 0 Å². The summed E-state index contributed by atoms with van der Waals surface area (Å²) in [7, 11) is 0. The summed E-state index contributed by atoms with van der Waals surface area (Å²) in [6.07, 6.45) is 3.87. The number of rotatable bonds is 7. The molecule has 0 aliphatic carbocycles. The van der Waals surface area contributed by atoms with Gasteiger partial charge in [-0.2, -0.15) is 11.3 Å². The summed E-state index contributed by atoms with van der Waals surface area (Å²) in [4.78, 5) is 7.27. The van der Waals surface area contributed by atoms with Gasteiger partial charge in [0.1, 0.15) is 0 Å². The van der Waals surface area contributed by atoms with Crippen molar-refractivity contribution in [3.8, 4) is 0 Å². The number of piperidine rings is 1. The first kappa shape index (κ1) is 17.3. The topological polar surface area (TPSA) is 39.7 Å². The van der Waals surface area contributed by atoms with Gasteiger partial charge in [0.15, 0.2) is 5.96 Å². The Kier molecular flexibility index (Phi) is 7.74. The Morgan fingerprint density at radius 2 is 2.14 bits per heavy atom. The highest BCUT2D eigenvalue weighted by Crippen LogP contribution is 2.16. The summed E-state index contributed by atoms with van der Waals surface area (Å²) < 4.78 is 0. The van der Waals surface area contributed by atoms with E-state index in [9.17, 15) is 0 Å². The van der Waals surface area contributed by atoms with Crippen LogP contribution in [0.25, 0.3) is 0 Å². The standard InChI is InChI=1S/C17H30N4S/c1-3-8-21-9-5-15(6-10-21)12-19-17(18-4-2)20-13-16-7-11-22-14-16/h7,11,14-15H,3-6,8-10,12-13H2,1-2H3,(H2,18,19,20). The van der Waals surface area contributed by atoms with Crippen LogP contribution in [0.15, 0.2) is 21.8 Å². The van der Waals surface area contributed by atoms with Gasteiger partial charge in [-0.05, 0) is 74.1 Å². The highest BCUT2D eigenvalue weighted by molar-refractivity contribution is 7.07. The molecule has 0 bridgehead atoms. The molecule has 0 radical (unpaired) electrons. The van der Waals surface area contributed by atoms with E-state index in [-0.39, 0.29) is 0 Å². The van der Waals surface area contributed by atoms with Gasteiger partial charge in [-0.15, -0.1) is 0 Å². The third-order valence-electron chi connectivity index (χ3n) is 4.15. The predicted molar refractivity (Wildman–Crippen MR) is 96.6 cm³/mol. The highest BCUT2D eigenvalue weighted by Gasteiger charge is 2.18. The van der Waals surface area contributed by atoms with Gasteiger partial charge in [0.25, 0.3) is 0 Å². The number of likely N-dealkylation sites (tertiary alicyclic amines) is 1. The van der Waals surface area contributed by atoms with Crippen LogP contribution >= 0.6 is 11.3 Å². The average molecular weight is 323 g/mol. The van der Waals surface area contributed by atoms with Crippen LogP contribution in [0.1, 0.15) is 38.7 Å². The van der Waals surface area contributed by atoms with Gasteiger partial charge in [-0.25, -0.2) is 4.99 Å². The molecule has 2 N–H and O–H groups in total. The summed E-state index contributed by atoms with van der Waals surface area (Å²) in [5.41, 5.74) is 1.29. The SMILES string of the molecule is CCCN1CCC(CNC(=NCc2ccsc2)NCC)CC1. The lowest BCUT2D eigenvalue weighted by Gasteiger charge is -2.32. The Balaban J connectivity index is 1.73. The average Bonchev–Trinajstić information content (AvgIpc) is 3.05. The molecule has 0 saturated carbocycles. The van der Waals surface area contributed by atoms with Crippen molar-refractivity contribution >= 4 is 17.3 Å². The third-order valence-corrected chi connectivity index (χ3v) is 4.88. The van der Waals surface area contributed by atoms with E-state index in [2.05, 4.69) is 51.2 Å². The smallest absolute Gasteiger partial charge is 0.191 e. The lowest BCUT2D eigenvalue weighted by Crippen LogP contribution is -2.43. The molecule has 1 aliphatic rings. The first-order valence-electron chi connectivity index (χ1n) is 8.57. The lowest BCUT2D eigenvalue weighted by molar-refractivity contribution is 0.185. The fraction of sp³-hybridized carbons (Fsp3) is 0.706. The van der Waals surface area contributed by atoms with Crippen LogP contribution in [-0.4, -0.2) is 43.6 Å². The van der Waals surface area contributed by atoms with Crippen LogP contribution < -0.4 is 10.6 Å². The Labute approximate surface area is 139 Å². The zero-order valence-electron chi connectivity index (χ0n) is 14.0. The molecule has 0 amide bonds. The second-order valence-electron chi connectivity index (χ2n) is 5.99. The Morgan fingerprint density at radius 1 is 1.32 bits per heavy atom. The molecule has 0 aromatic carbocycles. The molecule has 2 rings (SSSR count). The summed E-state index contributed by atoms with van der Waals surface area (Å²) in [5, 5.41) is 11.1. The molecule has 0 spiro atoms. The summed E-state index contributed by atoms with van der Waals surface area (Å²) in [5.74, 6) is 1.72. The van der Waals surface area contributed by atoms with Crippen molar-refractivity contribution in [1.29, 1.82) is 0 Å². The van der Waals surface area contributed by atoms with Crippen LogP contribution in [0.3, 0.4) is 0 Å². The zero-order chi connectivity index (χ0) is 15.6. The van der Waals surface area contributed by atoms with Crippen molar-refractivity contribution in [3.05, 3.63) is 22.4 Å². The summed E-state index contributed by atoms with van der Waals surface area (Å²) in [6.45, 7) is 10.8. The normalized spacial score (nSPS) is 17.6. The number of thiophene rings is 1. The number of hydrogen-bond donors (Lipinski definition) is 2. The van der Waals surface area contributed by atoms with E-state index in [4.69, 9.17) is 0 Å². The van der Waals surface area contributed by atoms with Gasteiger partial charge >= 0.3 is 0 Å².